The number of nitriles is 1. The quantitative estimate of drug-likeness (QED) is 0.135. The van der Waals surface area contributed by atoms with Crippen LogP contribution in [0.4, 0.5) is 23.2 Å². The molecule has 3 heterocycles. The minimum atomic E-state index is -1.67. The molecule has 6 aromatic rings. The SMILES string of the molecule is [C-]#[N+]c1c(F)c2cc(c1F)C(C)(C)c1cc(c(F)c(C#N)c1F)-n1cc(-c3ccccc3)c(n1)C(C)(C)C(C)(C)c1nn-2cc1-c1ccccc1. The number of hydrogen-bond acceptors (Lipinski definition) is 3. The average molecular weight is 685 g/mol. The van der Waals surface area contributed by atoms with Gasteiger partial charge >= 0.3 is 0 Å². The van der Waals surface area contributed by atoms with Gasteiger partial charge in [0.25, 0.3) is 5.69 Å². The maximum atomic E-state index is 16.3. The normalized spacial score (nSPS) is 15.3. The number of aromatic nitrogens is 4. The largest absolute Gasteiger partial charge is 0.259 e. The summed E-state index contributed by atoms with van der Waals surface area (Å²) in [6.45, 7) is 18.6. The van der Waals surface area contributed by atoms with Crippen molar-refractivity contribution in [2.75, 3.05) is 0 Å². The minimum Gasteiger partial charge on any atom is -0.238 e. The fourth-order valence-corrected chi connectivity index (χ4v) is 6.98. The van der Waals surface area contributed by atoms with E-state index in [1.54, 1.807) is 18.5 Å². The molecular weight excluding hydrogens is 652 g/mol. The molecule has 0 spiro atoms. The Hall–Kier alpha value is -6.00. The second kappa shape index (κ2) is 11.5. The third-order valence-electron chi connectivity index (χ3n) is 10.7. The number of hydrogen-bond donors (Lipinski definition) is 0. The molecule has 254 valence electrons. The number of fused-ring (bicyclic) bond motifs is 10. The van der Waals surface area contributed by atoms with E-state index in [2.05, 4.69) is 4.85 Å². The molecule has 0 N–H and O–H groups in total. The van der Waals surface area contributed by atoms with Crippen LogP contribution in [0.3, 0.4) is 0 Å². The van der Waals surface area contributed by atoms with E-state index in [0.717, 1.165) is 11.1 Å². The van der Waals surface area contributed by atoms with Gasteiger partial charge in [0, 0.05) is 45.3 Å². The van der Waals surface area contributed by atoms with Crippen molar-refractivity contribution in [2.24, 2.45) is 0 Å². The monoisotopic (exact) mass is 684 g/mol. The molecule has 0 aliphatic carbocycles. The third kappa shape index (κ3) is 4.81. The summed E-state index contributed by atoms with van der Waals surface area (Å²) in [6.07, 6.45) is 3.29. The van der Waals surface area contributed by atoms with Gasteiger partial charge in [0.1, 0.15) is 29.0 Å². The van der Waals surface area contributed by atoms with Gasteiger partial charge in [-0.25, -0.2) is 31.8 Å². The number of nitrogens with zero attached hydrogens (tertiary/aromatic N) is 6. The molecular formula is C41H32F4N6. The first-order valence-corrected chi connectivity index (χ1v) is 16.3. The predicted octanol–water partition coefficient (Wildman–Crippen LogP) is 10.3. The Bertz CT molecular complexity index is 2290. The predicted molar refractivity (Wildman–Crippen MR) is 187 cm³/mol. The van der Waals surface area contributed by atoms with E-state index in [9.17, 15) is 5.26 Å². The summed E-state index contributed by atoms with van der Waals surface area (Å²) in [7, 11) is 0. The summed E-state index contributed by atoms with van der Waals surface area (Å²) in [6, 6.07) is 22.9. The van der Waals surface area contributed by atoms with E-state index in [1.165, 1.54) is 35.3 Å². The van der Waals surface area contributed by atoms with Gasteiger partial charge in [0.2, 0.25) is 0 Å². The Kier molecular flexibility index (Phi) is 7.57. The highest BCUT2D eigenvalue weighted by molar-refractivity contribution is 5.72. The van der Waals surface area contributed by atoms with Gasteiger partial charge in [0.05, 0.1) is 23.6 Å². The zero-order chi connectivity index (χ0) is 36.6. The molecule has 8 bridgehead atoms. The first kappa shape index (κ1) is 33.5. The van der Waals surface area contributed by atoms with E-state index in [-0.39, 0.29) is 22.5 Å². The van der Waals surface area contributed by atoms with Crippen LogP contribution in [0.25, 0.3) is 38.5 Å². The molecule has 0 saturated heterocycles. The Morgan fingerprint density at radius 2 is 1.08 bits per heavy atom. The maximum absolute atomic E-state index is 16.3. The highest BCUT2D eigenvalue weighted by Crippen LogP contribution is 2.50. The Morgan fingerprint density at radius 3 is 1.51 bits per heavy atom. The summed E-state index contributed by atoms with van der Waals surface area (Å²) >= 11 is 0. The highest BCUT2D eigenvalue weighted by atomic mass is 19.1. The van der Waals surface area contributed by atoms with E-state index in [4.69, 9.17) is 16.8 Å². The fraction of sp³-hybridized carbons (Fsp3) is 0.220. The smallest absolute Gasteiger partial charge is 0.238 e. The summed E-state index contributed by atoms with van der Waals surface area (Å²) < 4.78 is 67.8. The van der Waals surface area contributed by atoms with Crippen molar-refractivity contribution in [3.8, 4) is 39.7 Å². The van der Waals surface area contributed by atoms with E-state index in [0.29, 0.717) is 22.5 Å². The first-order chi connectivity index (χ1) is 24.1. The van der Waals surface area contributed by atoms with Crippen LogP contribution in [-0.4, -0.2) is 19.6 Å². The van der Waals surface area contributed by atoms with E-state index in [1.807, 2.05) is 88.4 Å². The molecule has 10 heteroatoms. The lowest BCUT2D eigenvalue weighted by Gasteiger charge is -2.40. The summed E-state index contributed by atoms with van der Waals surface area (Å²) in [5.41, 5.74) is -2.18. The lowest BCUT2D eigenvalue weighted by molar-refractivity contribution is 0.287. The van der Waals surface area contributed by atoms with Crippen LogP contribution in [0.5, 0.6) is 0 Å². The molecule has 0 radical (unpaired) electrons. The average Bonchev–Trinajstić information content (AvgIpc) is 3.76. The highest BCUT2D eigenvalue weighted by Gasteiger charge is 2.47. The molecule has 51 heavy (non-hydrogen) atoms. The second-order valence-corrected chi connectivity index (χ2v) is 14.4. The van der Waals surface area contributed by atoms with Crippen molar-refractivity contribution in [1.82, 2.24) is 19.6 Å². The van der Waals surface area contributed by atoms with Crippen molar-refractivity contribution >= 4 is 5.69 Å². The van der Waals surface area contributed by atoms with Crippen LogP contribution in [0, 0.1) is 41.2 Å². The van der Waals surface area contributed by atoms with Gasteiger partial charge in [-0.1, -0.05) is 102 Å². The lowest BCUT2D eigenvalue weighted by Crippen LogP contribution is -2.42. The van der Waals surface area contributed by atoms with Crippen LogP contribution in [0.2, 0.25) is 0 Å². The standard InChI is InChI=1S/C41H32F4N6/c1-39(2)28-18-30(33(43)25(20-46)32(28)42)50-21-26(23-14-10-8-11-15-23)37(48-50)40(3,4)41(5,6)38-27(24-16-12-9-13-17-24)22-51(49-38)31-19-29(39)34(44)36(47-7)35(31)45/h8-19,21-22H,1-6H3. The second-order valence-electron chi connectivity index (χ2n) is 14.4. The topological polar surface area (TPSA) is 63.8 Å². The van der Waals surface area contributed by atoms with Crippen LogP contribution >= 0.6 is 0 Å². The van der Waals surface area contributed by atoms with Crippen LogP contribution < -0.4 is 0 Å². The molecule has 0 fully saturated rings. The number of benzene rings is 4. The number of rotatable bonds is 2. The van der Waals surface area contributed by atoms with E-state index >= 15 is 17.6 Å². The van der Waals surface area contributed by atoms with Gasteiger partial charge in [-0.3, -0.25) is 0 Å². The molecule has 7 rings (SSSR count). The zero-order valence-corrected chi connectivity index (χ0v) is 28.8. The van der Waals surface area contributed by atoms with Gasteiger partial charge in [0.15, 0.2) is 11.6 Å². The Balaban J connectivity index is 1.69. The van der Waals surface area contributed by atoms with Crippen molar-refractivity contribution in [2.45, 2.75) is 57.8 Å². The Labute approximate surface area is 293 Å². The Morgan fingerprint density at radius 1 is 0.647 bits per heavy atom. The van der Waals surface area contributed by atoms with Gasteiger partial charge in [-0.05, 0) is 28.8 Å². The number of halogens is 4. The van der Waals surface area contributed by atoms with Crippen molar-refractivity contribution < 1.29 is 17.6 Å². The summed E-state index contributed by atoms with van der Waals surface area (Å²) in [5, 5.41) is 20.0. The molecule has 0 unspecified atom stereocenters. The molecule has 1 aliphatic rings. The van der Waals surface area contributed by atoms with Crippen molar-refractivity contribution in [3.05, 3.63) is 148 Å². The molecule has 0 saturated carbocycles. The van der Waals surface area contributed by atoms with Gasteiger partial charge in [-0.15, -0.1) is 0 Å². The van der Waals surface area contributed by atoms with Crippen LogP contribution in [0.15, 0.2) is 85.2 Å². The molecule has 1 aliphatic heterocycles. The van der Waals surface area contributed by atoms with Gasteiger partial charge in [-0.2, -0.15) is 15.5 Å². The van der Waals surface area contributed by atoms with Gasteiger partial charge < -0.3 is 0 Å². The van der Waals surface area contributed by atoms with Crippen molar-refractivity contribution in [3.63, 3.8) is 0 Å². The summed E-state index contributed by atoms with van der Waals surface area (Å²) in [5.74, 6) is -4.68. The minimum absolute atomic E-state index is 0.229. The lowest BCUT2D eigenvalue weighted by atomic mass is 9.62. The molecule has 0 atom stereocenters. The van der Waals surface area contributed by atoms with E-state index < -0.39 is 50.8 Å². The van der Waals surface area contributed by atoms with Crippen LogP contribution in [-0.2, 0) is 16.2 Å². The van der Waals surface area contributed by atoms with Crippen LogP contribution in [0.1, 0.15) is 69.6 Å². The zero-order valence-electron chi connectivity index (χ0n) is 28.8. The fourth-order valence-electron chi connectivity index (χ4n) is 6.98. The van der Waals surface area contributed by atoms with Crippen molar-refractivity contribution in [1.29, 1.82) is 5.26 Å². The third-order valence-corrected chi connectivity index (χ3v) is 10.7. The molecule has 6 nitrogen and oxygen atoms in total. The summed E-state index contributed by atoms with van der Waals surface area (Å²) in [4.78, 5) is 3.20. The maximum Gasteiger partial charge on any atom is 0.259 e. The molecule has 2 aromatic heterocycles. The first-order valence-electron chi connectivity index (χ1n) is 16.3. The molecule has 0 amide bonds. The molecule has 4 aromatic carbocycles.